The highest BCUT2D eigenvalue weighted by atomic mass is 35.5. The van der Waals surface area contributed by atoms with E-state index in [1.54, 1.807) is 26.4 Å². The second kappa shape index (κ2) is 10.0. The van der Waals surface area contributed by atoms with E-state index in [4.69, 9.17) is 21.1 Å². The van der Waals surface area contributed by atoms with Gasteiger partial charge in [0.15, 0.2) is 11.5 Å². The van der Waals surface area contributed by atoms with Crippen LogP contribution in [0.1, 0.15) is 25.0 Å². The lowest BCUT2D eigenvalue weighted by Crippen LogP contribution is -2.26. The van der Waals surface area contributed by atoms with Gasteiger partial charge in [0.25, 0.3) is 5.91 Å². The van der Waals surface area contributed by atoms with Crippen molar-refractivity contribution >= 4 is 23.1 Å². The number of halogens is 1. The van der Waals surface area contributed by atoms with E-state index in [1.807, 2.05) is 50.3 Å². The van der Waals surface area contributed by atoms with E-state index in [-0.39, 0.29) is 11.8 Å². The van der Waals surface area contributed by atoms with Gasteiger partial charge in [-0.05, 0) is 47.7 Å². The Hall–Kier alpha value is -2.46. The van der Waals surface area contributed by atoms with Crippen molar-refractivity contribution < 1.29 is 14.3 Å². The van der Waals surface area contributed by atoms with Crippen molar-refractivity contribution in [2.24, 2.45) is 5.92 Å². The fourth-order valence-electron chi connectivity index (χ4n) is 2.72. The summed E-state index contributed by atoms with van der Waals surface area (Å²) in [6.45, 7) is 4.62. The zero-order chi connectivity index (χ0) is 19.8. The minimum atomic E-state index is -0.0912. The van der Waals surface area contributed by atoms with Gasteiger partial charge in [-0.3, -0.25) is 4.79 Å². The van der Waals surface area contributed by atoms with Crippen LogP contribution in [-0.2, 0) is 11.2 Å². The number of allylic oxidation sites excluding steroid dienone is 1. The van der Waals surface area contributed by atoms with Crippen molar-refractivity contribution in [1.82, 2.24) is 5.32 Å². The quantitative estimate of drug-likeness (QED) is 0.664. The zero-order valence-electron chi connectivity index (χ0n) is 16.2. The van der Waals surface area contributed by atoms with Crippen LogP contribution in [-0.4, -0.2) is 26.7 Å². The first-order valence-electron chi connectivity index (χ1n) is 8.91. The Balaban J connectivity index is 2.05. The van der Waals surface area contributed by atoms with Crippen LogP contribution < -0.4 is 14.8 Å². The Morgan fingerprint density at radius 3 is 2.33 bits per heavy atom. The summed E-state index contributed by atoms with van der Waals surface area (Å²) in [5.41, 5.74) is 2.58. The average molecular weight is 388 g/mol. The van der Waals surface area contributed by atoms with E-state index in [0.717, 1.165) is 11.1 Å². The van der Waals surface area contributed by atoms with Crippen LogP contribution in [0, 0.1) is 5.92 Å². The minimum absolute atomic E-state index is 0.0912. The van der Waals surface area contributed by atoms with Crippen LogP contribution in [0.5, 0.6) is 11.5 Å². The maximum Gasteiger partial charge on any atom is 0.251 e. The van der Waals surface area contributed by atoms with Crippen molar-refractivity contribution in [2.75, 3.05) is 20.8 Å². The molecule has 1 amide bonds. The summed E-state index contributed by atoms with van der Waals surface area (Å²) >= 11 is 5.96. The summed E-state index contributed by atoms with van der Waals surface area (Å²) in [5, 5.41) is 3.65. The molecule has 2 aromatic carbocycles. The molecule has 0 bridgehead atoms. The summed E-state index contributed by atoms with van der Waals surface area (Å²) in [6.07, 6.45) is 2.66. The predicted molar refractivity (Wildman–Crippen MR) is 111 cm³/mol. The Labute approximate surface area is 166 Å². The molecule has 2 rings (SSSR count). The molecule has 2 aromatic rings. The highest BCUT2D eigenvalue weighted by Gasteiger charge is 2.13. The summed E-state index contributed by atoms with van der Waals surface area (Å²) in [6, 6.07) is 13.1. The first kappa shape index (κ1) is 20.8. The van der Waals surface area contributed by atoms with E-state index < -0.39 is 0 Å². The van der Waals surface area contributed by atoms with Gasteiger partial charge in [-0.25, -0.2) is 0 Å². The van der Waals surface area contributed by atoms with Crippen LogP contribution in [0.3, 0.4) is 0 Å². The molecule has 0 heterocycles. The fourth-order valence-corrected chi connectivity index (χ4v) is 2.84. The van der Waals surface area contributed by atoms with Gasteiger partial charge in [-0.15, -0.1) is 0 Å². The van der Waals surface area contributed by atoms with Crippen molar-refractivity contribution in [3.63, 3.8) is 0 Å². The molecule has 144 valence electrons. The van der Waals surface area contributed by atoms with E-state index in [9.17, 15) is 4.79 Å². The van der Waals surface area contributed by atoms with Crippen LogP contribution >= 0.6 is 11.6 Å². The Kier molecular flexibility index (Phi) is 7.74. The van der Waals surface area contributed by atoms with Crippen LogP contribution in [0.2, 0.25) is 5.02 Å². The number of amides is 1. The molecule has 4 nitrogen and oxygen atoms in total. The molecule has 0 saturated heterocycles. The second-order valence-electron chi connectivity index (χ2n) is 6.53. The highest BCUT2D eigenvalue weighted by molar-refractivity contribution is 6.30. The molecule has 0 unspecified atom stereocenters. The maximum atomic E-state index is 12.7. The van der Waals surface area contributed by atoms with Gasteiger partial charge in [-0.1, -0.05) is 49.7 Å². The summed E-state index contributed by atoms with van der Waals surface area (Å²) in [4.78, 5) is 12.7. The van der Waals surface area contributed by atoms with Gasteiger partial charge in [0.2, 0.25) is 0 Å². The number of rotatable bonds is 8. The van der Waals surface area contributed by atoms with Gasteiger partial charge < -0.3 is 14.8 Å². The smallest absolute Gasteiger partial charge is 0.251 e. The maximum absolute atomic E-state index is 12.7. The molecule has 1 N–H and O–H groups in total. The number of carbonyl (C=O) groups is 1. The third kappa shape index (κ3) is 6.04. The topological polar surface area (TPSA) is 47.6 Å². The van der Waals surface area contributed by atoms with Crippen molar-refractivity contribution in [1.29, 1.82) is 0 Å². The minimum Gasteiger partial charge on any atom is -0.493 e. The average Bonchev–Trinajstić information content (AvgIpc) is 2.66. The first-order valence-corrected chi connectivity index (χ1v) is 9.29. The number of nitrogens with one attached hydrogen (secondary N) is 1. The van der Waals surface area contributed by atoms with Crippen molar-refractivity contribution in [3.8, 4) is 11.5 Å². The first-order chi connectivity index (χ1) is 12.9. The summed E-state index contributed by atoms with van der Waals surface area (Å²) < 4.78 is 10.6. The van der Waals surface area contributed by atoms with Gasteiger partial charge >= 0.3 is 0 Å². The number of hydrogen-bond acceptors (Lipinski definition) is 3. The zero-order valence-corrected chi connectivity index (χ0v) is 17.0. The summed E-state index contributed by atoms with van der Waals surface area (Å²) in [5.74, 6) is 1.54. The molecule has 0 spiro atoms. The molecule has 0 saturated carbocycles. The highest BCUT2D eigenvalue weighted by Crippen LogP contribution is 2.27. The Morgan fingerprint density at radius 2 is 1.74 bits per heavy atom. The Morgan fingerprint density at radius 1 is 1.07 bits per heavy atom. The number of benzene rings is 2. The number of hydrogen-bond donors (Lipinski definition) is 1. The molecule has 0 aliphatic heterocycles. The van der Waals surface area contributed by atoms with Gasteiger partial charge in [0.1, 0.15) is 0 Å². The monoisotopic (exact) mass is 387 g/mol. The van der Waals surface area contributed by atoms with Gasteiger partial charge in [0, 0.05) is 17.1 Å². The van der Waals surface area contributed by atoms with Gasteiger partial charge in [-0.2, -0.15) is 0 Å². The van der Waals surface area contributed by atoms with Gasteiger partial charge in [0.05, 0.1) is 14.2 Å². The molecule has 5 heteroatoms. The second-order valence-corrected chi connectivity index (χ2v) is 6.96. The lowest BCUT2D eigenvalue weighted by molar-refractivity contribution is -0.115. The SMILES string of the molecule is COc1ccc(CCNC(=O)/C(=C\C(C)C)c2ccc(Cl)cc2)cc1OC. The standard InChI is InChI=1S/C22H26ClNO3/c1-15(2)13-19(17-6-8-18(23)9-7-17)22(25)24-12-11-16-5-10-20(26-3)21(14-16)27-4/h5-10,13-15H,11-12H2,1-4H3,(H,24,25)/b19-13-. The lowest BCUT2D eigenvalue weighted by atomic mass is 10.0. The molecule has 27 heavy (non-hydrogen) atoms. The Bertz CT molecular complexity index is 798. The van der Waals surface area contributed by atoms with Crippen molar-refractivity contribution in [3.05, 3.63) is 64.7 Å². The third-order valence-electron chi connectivity index (χ3n) is 4.05. The summed E-state index contributed by atoms with van der Waals surface area (Å²) in [7, 11) is 3.22. The fraction of sp³-hybridized carbons (Fsp3) is 0.318. The van der Waals surface area contributed by atoms with E-state index in [1.165, 1.54) is 0 Å². The van der Waals surface area contributed by atoms with Crippen LogP contribution in [0.25, 0.3) is 5.57 Å². The molecule has 0 fully saturated rings. The van der Waals surface area contributed by atoms with Crippen LogP contribution in [0.15, 0.2) is 48.5 Å². The third-order valence-corrected chi connectivity index (χ3v) is 4.30. The van der Waals surface area contributed by atoms with Crippen LogP contribution in [0.4, 0.5) is 0 Å². The molecule has 0 aliphatic rings. The van der Waals surface area contributed by atoms with E-state index in [0.29, 0.717) is 35.1 Å². The van der Waals surface area contributed by atoms with E-state index in [2.05, 4.69) is 5.32 Å². The molecule has 0 aromatic heterocycles. The van der Waals surface area contributed by atoms with E-state index >= 15 is 0 Å². The molecular weight excluding hydrogens is 362 g/mol. The van der Waals surface area contributed by atoms with Crippen molar-refractivity contribution in [2.45, 2.75) is 20.3 Å². The molecule has 0 atom stereocenters. The number of ether oxygens (including phenoxy) is 2. The number of carbonyl (C=O) groups excluding carboxylic acids is 1. The predicted octanol–water partition coefficient (Wildman–Crippen LogP) is 4.76. The largest absolute Gasteiger partial charge is 0.493 e. The normalized spacial score (nSPS) is 11.4. The number of methoxy groups -OCH3 is 2. The molecular formula is C22H26ClNO3. The lowest BCUT2D eigenvalue weighted by Gasteiger charge is -2.12. The molecule has 0 radical (unpaired) electrons. The molecule has 0 aliphatic carbocycles.